The Balaban J connectivity index is 2.23. The molecule has 0 atom stereocenters. The molecule has 0 saturated carbocycles. The van der Waals surface area contributed by atoms with Crippen LogP contribution in [0.25, 0.3) is 0 Å². The van der Waals surface area contributed by atoms with Gasteiger partial charge in [0.25, 0.3) is 0 Å². The van der Waals surface area contributed by atoms with Gasteiger partial charge in [-0.25, -0.2) is 0 Å². The summed E-state index contributed by atoms with van der Waals surface area (Å²) in [5.41, 5.74) is 6.62. The van der Waals surface area contributed by atoms with Crippen LogP contribution in [0.4, 0.5) is 11.4 Å². The number of methoxy groups -OCH3 is 2. The number of nitriles is 1. The predicted octanol–water partition coefficient (Wildman–Crippen LogP) is 3.14. The molecule has 134 valence electrons. The summed E-state index contributed by atoms with van der Waals surface area (Å²) >= 11 is 11.4. The fraction of sp³-hybridized carbons (Fsp3) is 0.118. The van der Waals surface area contributed by atoms with E-state index in [1.54, 1.807) is 18.2 Å². The van der Waals surface area contributed by atoms with Gasteiger partial charge in [-0.1, -0.05) is 11.6 Å². The lowest BCUT2D eigenvalue weighted by Gasteiger charge is -2.16. The summed E-state index contributed by atoms with van der Waals surface area (Å²) in [6.07, 6.45) is 0. The van der Waals surface area contributed by atoms with Crippen LogP contribution in [0.15, 0.2) is 30.3 Å². The van der Waals surface area contributed by atoms with Crippen LogP contribution in [0.5, 0.6) is 11.5 Å². The number of amides is 1. The van der Waals surface area contributed by atoms with Gasteiger partial charge in [0.2, 0.25) is 5.91 Å². The summed E-state index contributed by atoms with van der Waals surface area (Å²) in [6, 6.07) is 9.65. The van der Waals surface area contributed by atoms with Gasteiger partial charge in [-0.15, -0.1) is 0 Å². The van der Waals surface area contributed by atoms with Gasteiger partial charge in [0.05, 0.1) is 36.2 Å². The molecule has 4 N–H and O–H groups in total. The average molecular weight is 391 g/mol. The van der Waals surface area contributed by atoms with Crippen LogP contribution >= 0.6 is 23.8 Å². The monoisotopic (exact) mass is 390 g/mol. The van der Waals surface area contributed by atoms with E-state index >= 15 is 0 Å². The molecule has 0 saturated heterocycles. The van der Waals surface area contributed by atoms with Gasteiger partial charge in [-0.05, 0) is 36.5 Å². The summed E-state index contributed by atoms with van der Waals surface area (Å²) in [7, 11) is 3.00. The van der Waals surface area contributed by atoms with Crippen molar-refractivity contribution >= 4 is 46.2 Å². The van der Waals surface area contributed by atoms with E-state index in [-0.39, 0.29) is 16.2 Å². The number of rotatable bonds is 5. The van der Waals surface area contributed by atoms with E-state index < -0.39 is 5.91 Å². The molecule has 0 bridgehead atoms. The second-order valence-corrected chi connectivity index (χ2v) is 5.82. The molecule has 2 aromatic carbocycles. The minimum atomic E-state index is -0.619. The van der Waals surface area contributed by atoms with Crippen molar-refractivity contribution in [2.45, 2.75) is 0 Å². The van der Waals surface area contributed by atoms with Crippen LogP contribution in [0.2, 0.25) is 5.02 Å². The highest BCUT2D eigenvalue weighted by Gasteiger charge is 2.13. The van der Waals surface area contributed by atoms with Crippen molar-refractivity contribution in [3.63, 3.8) is 0 Å². The molecule has 0 heterocycles. The molecule has 0 fully saturated rings. The molecule has 2 rings (SSSR count). The summed E-state index contributed by atoms with van der Waals surface area (Å²) in [4.78, 5) is 11.2. The van der Waals surface area contributed by atoms with Gasteiger partial charge in [0.15, 0.2) is 5.11 Å². The maximum absolute atomic E-state index is 11.2. The van der Waals surface area contributed by atoms with Gasteiger partial charge in [0, 0.05) is 11.6 Å². The van der Waals surface area contributed by atoms with E-state index in [1.807, 2.05) is 6.07 Å². The van der Waals surface area contributed by atoms with Crippen molar-refractivity contribution in [2.75, 3.05) is 24.9 Å². The molecular weight excluding hydrogens is 376 g/mol. The minimum absolute atomic E-state index is 0.202. The first-order valence-corrected chi connectivity index (χ1v) is 8.01. The van der Waals surface area contributed by atoms with E-state index in [1.165, 1.54) is 26.4 Å². The number of hydrogen-bond donors (Lipinski definition) is 3. The highest BCUT2D eigenvalue weighted by molar-refractivity contribution is 7.80. The zero-order valence-corrected chi connectivity index (χ0v) is 15.5. The Morgan fingerprint density at radius 2 is 1.81 bits per heavy atom. The van der Waals surface area contributed by atoms with E-state index in [4.69, 9.17) is 39.0 Å². The van der Waals surface area contributed by atoms with Gasteiger partial charge in [-0.2, -0.15) is 5.26 Å². The SMILES string of the molecule is COc1cc(OC)c(NC(=S)Nc2ccc(C(N)=O)cc2C#N)cc1Cl. The molecule has 0 unspecified atom stereocenters. The fourth-order valence-corrected chi connectivity index (χ4v) is 2.59. The topological polar surface area (TPSA) is 109 Å². The largest absolute Gasteiger partial charge is 0.495 e. The van der Waals surface area contributed by atoms with Crippen molar-refractivity contribution in [2.24, 2.45) is 5.73 Å². The molecule has 0 spiro atoms. The van der Waals surface area contributed by atoms with Gasteiger partial charge < -0.3 is 25.8 Å². The molecule has 7 nitrogen and oxygen atoms in total. The molecule has 0 aliphatic rings. The molecule has 26 heavy (non-hydrogen) atoms. The van der Waals surface area contributed by atoms with Gasteiger partial charge >= 0.3 is 0 Å². The van der Waals surface area contributed by atoms with Crippen LogP contribution in [0.1, 0.15) is 15.9 Å². The number of ether oxygens (including phenoxy) is 2. The van der Waals surface area contributed by atoms with Crippen LogP contribution in [0.3, 0.4) is 0 Å². The Bertz CT molecular complexity index is 912. The molecule has 0 aromatic heterocycles. The van der Waals surface area contributed by atoms with Crippen molar-refractivity contribution < 1.29 is 14.3 Å². The zero-order valence-electron chi connectivity index (χ0n) is 13.9. The van der Waals surface area contributed by atoms with Crippen LogP contribution in [0, 0.1) is 11.3 Å². The number of nitrogens with one attached hydrogen (secondary N) is 2. The first-order valence-electron chi connectivity index (χ1n) is 7.23. The lowest BCUT2D eigenvalue weighted by molar-refractivity contribution is 0.100. The number of carbonyl (C=O) groups is 1. The van der Waals surface area contributed by atoms with Gasteiger partial charge in [0.1, 0.15) is 17.6 Å². The Kier molecular flexibility index (Phi) is 6.22. The number of primary amides is 1. The Morgan fingerprint density at radius 1 is 1.15 bits per heavy atom. The summed E-state index contributed by atoms with van der Waals surface area (Å²) in [6.45, 7) is 0. The van der Waals surface area contributed by atoms with Crippen LogP contribution < -0.4 is 25.8 Å². The normalized spacial score (nSPS) is 9.77. The van der Waals surface area contributed by atoms with Crippen molar-refractivity contribution in [3.05, 3.63) is 46.5 Å². The first-order chi connectivity index (χ1) is 12.4. The number of carbonyl (C=O) groups excluding carboxylic acids is 1. The average Bonchev–Trinajstić information content (AvgIpc) is 2.62. The summed E-state index contributed by atoms with van der Waals surface area (Å²) < 4.78 is 10.4. The summed E-state index contributed by atoms with van der Waals surface area (Å²) in [5.74, 6) is 0.313. The molecule has 2 aromatic rings. The van der Waals surface area contributed by atoms with E-state index in [9.17, 15) is 10.1 Å². The lowest BCUT2D eigenvalue weighted by atomic mass is 10.1. The number of anilines is 2. The number of benzene rings is 2. The molecule has 0 aliphatic carbocycles. The number of halogens is 1. The number of thiocarbonyl (C=S) groups is 1. The first kappa shape index (κ1) is 19.3. The second kappa shape index (κ2) is 8.38. The number of nitrogens with two attached hydrogens (primary N) is 1. The number of hydrogen-bond acceptors (Lipinski definition) is 5. The van der Waals surface area contributed by atoms with Gasteiger partial charge in [-0.3, -0.25) is 4.79 Å². The Morgan fingerprint density at radius 3 is 2.38 bits per heavy atom. The van der Waals surface area contributed by atoms with Crippen molar-refractivity contribution in [1.29, 1.82) is 5.26 Å². The quantitative estimate of drug-likeness (QED) is 0.672. The Labute approximate surface area is 160 Å². The third kappa shape index (κ3) is 4.33. The highest BCUT2D eigenvalue weighted by atomic mass is 35.5. The van der Waals surface area contributed by atoms with E-state index in [0.29, 0.717) is 27.9 Å². The zero-order chi connectivity index (χ0) is 19.3. The lowest BCUT2D eigenvalue weighted by Crippen LogP contribution is -2.20. The maximum Gasteiger partial charge on any atom is 0.248 e. The molecular formula is C17H15ClN4O3S. The molecule has 1 amide bonds. The van der Waals surface area contributed by atoms with Crippen LogP contribution in [-0.2, 0) is 0 Å². The van der Waals surface area contributed by atoms with E-state index in [2.05, 4.69) is 10.6 Å². The third-order valence-electron chi connectivity index (χ3n) is 3.39. The molecule has 9 heteroatoms. The van der Waals surface area contributed by atoms with Crippen molar-refractivity contribution in [1.82, 2.24) is 0 Å². The number of nitrogens with zero attached hydrogens (tertiary/aromatic N) is 1. The minimum Gasteiger partial charge on any atom is -0.495 e. The van der Waals surface area contributed by atoms with E-state index in [0.717, 1.165) is 0 Å². The molecule has 0 radical (unpaired) electrons. The Hall–Kier alpha value is -3.02. The predicted molar refractivity (Wildman–Crippen MR) is 104 cm³/mol. The fourth-order valence-electron chi connectivity index (χ4n) is 2.13. The van der Waals surface area contributed by atoms with Crippen molar-refractivity contribution in [3.8, 4) is 17.6 Å². The third-order valence-corrected chi connectivity index (χ3v) is 3.89. The standard InChI is InChI=1S/C17H15ClN4O3S/c1-24-14-7-15(25-2)13(6-11(14)18)22-17(26)21-12-4-3-9(16(20)23)5-10(12)8-19/h3-7H,1-2H3,(H2,20,23)(H2,21,22,26). The highest BCUT2D eigenvalue weighted by Crippen LogP contribution is 2.36. The molecule has 0 aliphatic heterocycles. The maximum atomic E-state index is 11.2. The second-order valence-electron chi connectivity index (χ2n) is 5.00. The van der Waals surface area contributed by atoms with Crippen LogP contribution in [-0.4, -0.2) is 25.2 Å². The summed E-state index contributed by atoms with van der Waals surface area (Å²) in [5, 5.41) is 15.7. The smallest absolute Gasteiger partial charge is 0.248 e.